The van der Waals surface area contributed by atoms with Crippen molar-refractivity contribution in [1.29, 1.82) is 0 Å². The largest absolute Gasteiger partial charge is 0.331 e. The number of alkyl halides is 1. The molecule has 2 aromatic rings. The predicted molar refractivity (Wildman–Crippen MR) is 97.7 cm³/mol. The Bertz CT molecular complexity index is 769. The average Bonchev–Trinajstić information content (AvgIpc) is 2.57. The molecule has 0 atom stereocenters. The fraction of sp³-hybridized carbons (Fsp3) is 0.412. The highest BCUT2D eigenvalue weighted by molar-refractivity contribution is 7.99. The van der Waals surface area contributed by atoms with Crippen LogP contribution in [0.15, 0.2) is 44.9 Å². The molecule has 6 heteroatoms. The van der Waals surface area contributed by atoms with E-state index in [2.05, 4.69) is 0 Å². The zero-order chi connectivity index (χ0) is 16.8. The molecule has 1 aromatic heterocycles. The number of rotatable bonds is 7. The molecule has 0 amide bonds. The predicted octanol–water partition coefficient (Wildman–Crippen LogP) is 3.35. The lowest BCUT2D eigenvalue weighted by atomic mass is 10.1. The maximum Gasteiger partial charge on any atom is 0.331 e. The van der Waals surface area contributed by atoms with Crippen LogP contribution in [0.2, 0.25) is 0 Å². The monoisotopic (exact) mass is 352 g/mol. The van der Waals surface area contributed by atoms with Gasteiger partial charge in [0.2, 0.25) is 0 Å². The quantitative estimate of drug-likeness (QED) is 0.332. The van der Waals surface area contributed by atoms with Gasteiger partial charge in [0.1, 0.15) is 0 Å². The van der Waals surface area contributed by atoms with Crippen molar-refractivity contribution in [2.24, 2.45) is 7.05 Å². The molecule has 0 saturated carbocycles. The van der Waals surface area contributed by atoms with E-state index in [1.165, 1.54) is 16.3 Å². The lowest BCUT2D eigenvalue weighted by molar-refractivity contribution is 0.542. The molecule has 0 unspecified atom stereocenters. The molecule has 0 bridgehead atoms. The molecule has 0 fully saturated rings. The highest BCUT2D eigenvalue weighted by Crippen LogP contribution is 2.27. The van der Waals surface area contributed by atoms with Gasteiger partial charge in [-0.25, -0.2) is 4.79 Å². The van der Waals surface area contributed by atoms with Crippen molar-refractivity contribution in [2.75, 3.05) is 11.6 Å². The van der Waals surface area contributed by atoms with Crippen LogP contribution in [-0.4, -0.2) is 20.8 Å². The molecule has 0 aliphatic heterocycles. The normalized spacial score (nSPS) is 10.9. The number of halogens is 1. The molecule has 0 N–H and O–H groups in total. The van der Waals surface area contributed by atoms with Crippen molar-refractivity contribution < 1.29 is 0 Å². The van der Waals surface area contributed by atoms with Gasteiger partial charge in [0.05, 0.1) is 10.6 Å². The summed E-state index contributed by atoms with van der Waals surface area (Å²) in [5.74, 6) is 1.33. The number of hydrogen-bond donors (Lipinski definition) is 0. The molecule has 1 aromatic carbocycles. The van der Waals surface area contributed by atoms with Gasteiger partial charge in [0, 0.05) is 19.5 Å². The second kappa shape index (κ2) is 8.41. The van der Waals surface area contributed by atoms with Gasteiger partial charge in [-0.1, -0.05) is 37.3 Å². The molecule has 124 valence electrons. The summed E-state index contributed by atoms with van der Waals surface area (Å²) in [4.78, 5) is 25.5. The molecule has 0 aliphatic carbocycles. The topological polar surface area (TPSA) is 44.0 Å². The third kappa shape index (κ3) is 3.90. The third-order valence-corrected chi connectivity index (χ3v) is 4.91. The SMILES string of the molecule is CCSc1c(-c2ccccc2)c(=O)n(CCCCCl)c(=O)n1C. The van der Waals surface area contributed by atoms with Gasteiger partial charge in [-0.15, -0.1) is 23.4 Å². The first kappa shape index (κ1) is 17.9. The van der Waals surface area contributed by atoms with Gasteiger partial charge in [-0.3, -0.25) is 13.9 Å². The Morgan fingerprint density at radius 2 is 1.83 bits per heavy atom. The maximum atomic E-state index is 12.9. The van der Waals surface area contributed by atoms with Gasteiger partial charge >= 0.3 is 5.69 Å². The Morgan fingerprint density at radius 3 is 2.43 bits per heavy atom. The minimum atomic E-state index is -0.264. The number of thioether (sulfide) groups is 1. The average molecular weight is 353 g/mol. The van der Waals surface area contributed by atoms with E-state index < -0.39 is 0 Å². The Balaban J connectivity index is 2.66. The van der Waals surface area contributed by atoms with E-state index in [1.54, 1.807) is 11.6 Å². The van der Waals surface area contributed by atoms with Crippen molar-refractivity contribution in [3.8, 4) is 11.1 Å². The number of hydrogen-bond acceptors (Lipinski definition) is 3. The summed E-state index contributed by atoms with van der Waals surface area (Å²) >= 11 is 7.22. The molecular formula is C17H21ClN2O2S. The molecule has 0 radical (unpaired) electrons. The van der Waals surface area contributed by atoms with E-state index in [9.17, 15) is 9.59 Å². The Hall–Kier alpha value is -1.46. The van der Waals surface area contributed by atoms with E-state index in [4.69, 9.17) is 11.6 Å². The van der Waals surface area contributed by atoms with Gasteiger partial charge in [-0.2, -0.15) is 0 Å². The molecule has 0 saturated heterocycles. The maximum absolute atomic E-state index is 12.9. The molecular weight excluding hydrogens is 332 g/mol. The van der Waals surface area contributed by atoms with Crippen molar-refractivity contribution in [2.45, 2.75) is 31.3 Å². The zero-order valence-corrected chi connectivity index (χ0v) is 15.0. The van der Waals surface area contributed by atoms with Crippen LogP contribution in [0, 0.1) is 0 Å². The summed E-state index contributed by atoms with van der Waals surface area (Å²) in [5.41, 5.74) is 0.964. The van der Waals surface area contributed by atoms with Crippen molar-refractivity contribution in [3.63, 3.8) is 0 Å². The van der Waals surface area contributed by atoms with Gasteiger partial charge in [-0.05, 0) is 24.2 Å². The van der Waals surface area contributed by atoms with Crippen molar-refractivity contribution >= 4 is 23.4 Å². The lowest BCUT2D eigenvalue weighted by Gasteiger charge is -2.16. The number of unbranched alkanes of at least 4 members (excludes halogenated alkanes) is 1. The van der Waals surface area contributed by atoms with Gasteiger partial charge < -0.3 is 0 Å². The summed E-state index contributed by atoms with van der Waals surface area (Å²) in [6.07, 6.45) is 1.50. The van der Waals surface area contributed by atoms with E-state index in [0.29, 0.717) is 24.4 Å². The van der Waals surface area contributed by atoms with E-state index in [-0.39, 0.29) is 11.2 Å². The van der Waals surface area contributed by atoms with Gasteiger partial charge in [0.25, 0.3) is 5.56 Å². The number of aromatic nitrogens is 2. The third-order valence-electron chi connectivity index (χ3n) is 3.60. The van der Waals surface area contributed by atoms with Gasteiger partial charge in [0.15, 0.2) is 0 Å². The molecule has 0 spiro atoms. The number of benzene rings is 1. The minimum absolute atomic E-state index is 0.218. The van der Waals surface area contributed by atoms with Crippen LogP contribution in [0.25, 0.3) is 11.1 Å². The van der Waals surface area contributed by atoms with Crippen molar-refractivity contribution in [3.05, 3.63) is 51.2 Å². The second-order valence-corrected chi connectivity index (χ2v) is 6.80. The van der Waals surface area contributed by atoms with Crippen LogP contribution >= 0.6 is 23.4 Å². The summed E-state index contributed by atoms with van der Waals surface area (Å²) in [6, 6.07) is 9.53. The molecule has 0 aliphatic rings. The first-order valence-corrected chi connectivity index (χ1v) is 9.21. The highest BCUT2D eigenvalue weighted by atomic mass is 35.5. The summed E-state index contributed by atoms with van der Waals surface area (Å²) in [7, 11) is 1.73. The summed E-state index contributed by atoms with van der Waals surface area (Å²) in [5, 5.41) is 0.724. The summed E-state index contributed by atoms with van der Waals surface area (Å²) in [6.45, 7) is 2.41. The fourth-order valence-corrected chi connectivity index (χ4v) is 3.55. The van der Waals surface area contributed by atoms with Crippen molar-refractivity contribution in [1.82, 2.24) is 9.13 Å². The zero-order valence-electron chi connectivity index (χ0n) is 13.4. The Morgan fingerprint density at radius 1 is 1.13 bits per heavy atom. The Kier molecular flexibility index (Phi) is 6.54. The van der Waals surface area contributed by atoms with Crippen LogP contribution in [-0.2, 0) is 13.6 Å². The van der Waals surface area contributed by atoms with Crippen LogP contribution in [0.1, 0.15) is 19.8 Å². The Labute approximate surface area is 145 Å². The second-order valence-electron chi connectivity index (χ2n) is 5.17. The first-order valence-electron chi connectivity index (χ1n) is 7.69. The number of nitrogens with zero attached hydrogens (tertiary/aromatic N) is 2. The van der Waals surface area contributed by atoms with Crippen LogP contribution in [0.3, 0.4) is 0 Å². The van der Waals surface area contributed by atoms with E-state index >= 15 is 0 Å². The van der Waals surface area contributed by atoms with E-state index in [0.717, 1.165) is 22.8 Å². The standard InChI is InChI=1S/C17H21ClN2O2S/c1-3-23-16-14(13-9-5-4-6-10-13)15(21)20(12-8-7-11-18)17(22)19(16)2/h4-6,9-10H,3,7-8,11-12H2,1-2H3. The fourth-order valence-electron chi connectivity index (χ4n) is 2.47. The molecule has 2 rings (SSSR count). The van der Waals surface area contributed by atoms with Crippen LogP contribution in [0.4, 0.5) is 0 Å². The van der Waals surface area contributed by atoms with E-state index in [1.807, 2.05) is 37.3 Å². The van der Waals surface area contributed by atoms with Crippen LogP contribution < -0.4 is 11.2 Å². The highest BCUT2D eigenvalue weighted by Gasteiger charge is 2.18. The molecule has 4 nitrogen and oxygen atoms in total. The lowest BCUT2D eigenvalue weighted by Crippen LogP contribution is -2.40. The van der Waals surface area contributed by atoms with Crippen LogP contribution in [0.5, 0.6) is 0 Å². The minimum Gasteiger partial charge on any atom is -0.290 e. The summed E-state index contributed by atoms with van der Waals surface area (Å²) < 4.78 is 2.91. The smallest absolute Gasteiger partial charge is 0.290 e. The molecule has 1 heterocycles. The molecule has 23 heavy (non-hydrogen) atoms. The first-order chi connectivity index (χ1) is 11.1.